The van der Waals surface area contributed by atoms with Crippen LogP contribution in [-0.4, -0.2) is 4.98 Å². The summed E-state index contributed by atoms with van der Waals surface area (Å²) in [5, 5.41) is 0. The molecular formula is C14H21NO. The predicted molar refractivity (Wildman–Crippen MR) is 68.4 cm³/mol. The van der Waals surface area contributed by atoms with E-state index < -0.39 is 0 Å². The molecular weight excluding hydrogens is 198 g/mol. The summed E-state index contributed by atoms with van der Waals surface area (Å²) < 4.78 is 4.72. The number of hydrogen-bond acceptors (Lipinski definition) is 2. The number of benzene rings is 1. The molecule has 0 unspecified atom stereocenters. The Kier molecular flexibility index (Phi) is 8.99. The molecule has 0 spiro atoms. The van der Waals surface area contributed by atoms with Gasteiger partial charge in [0.05, 0.1) is 6.20 Å². The van der Waals surface area contributed by atoms with E-state index in [2.05, 4.69) is 36.2 Å². The molecule has 0 atom stereocenters. The van der Waals surface area contributed by atoms with Crippen molar-refractivity contribution in [2.75, 3.05) is 0 Å². The van der Waals surface area contributed by atoms with E-state index in [0.717, 1.165) is 12.3 Å². The fourth-order valence-electron chi connectivity index (χ4n) is 1.01. The van der Waals surface area contributed by atoms with Gasteiger partial charge in [0.1, 0.15) is 6.26 Å². The number of aryl methyl sites for hydroxylation is 2. The van der Waals surface area contributed by atoms with Crippen LogP contribution in [0.2, 0.25) is 0 Å². The van der Waals surface area contributed by atoms with Gasteiger partial charge < -0.3 is 4.42 Å². The fraction of sp³-hybridized carbons (Fsp3) is 0.357. The minimum atomic E-state index is 0.718. The second-order valence-corrected chi connectivity index (χ2v) is 2.89. The van der Waals surface area contributed by atoms with E-state index in [9.17, 15) is 0 Å². The summed E-state index contributed by atoms with van der Waals surface area (Å²) in [6, 6.07) is 10.5. The van der Waals surface area contributed by atoms with Crippen LogP contribution in [0.15, 0.2) is 47.2 Å². The van der Waals surface area contributed by atoms with Crippen LogP contribution < -0.4 is 0 Å². The molecule has 0 bridgehead atoms. The highest BCUT2D eigenvalue weighted by molar-refractivity contribution is 5.13. The van der Waals surface area contributed by atoms with Gasteiger partial charge in [-0.3, -0.25) is 0 Å². The molecule has 0 aliphatic carbocycles. The molecule has 2 nitrogen and oxygen atoms in total. The van der Waals surface area contributed by atoms with Crippen molar-refractivity contribution >= 4 is 0 Å². The lowest BCUT2D eigenvalue weighted by Crippen LogP contribution is -1.73. The summed E-state index contributed by atoms with van der Waals surface area (Å²) in [4.78, 5) is 3.75. The van der Waals surface area contributed by atoms with Gasteiger partial charge in [-0.15, -0.1) is 0 Å². The number of aromatic nitrogens is 1. The van der Waals surface area contributed by atoms with E-state index in [1.165, 1.54) is 5.56 Å². The number of hydrogen-bond donors (Lipinski definition) is 0. The molecule has 0 aliphatic rings. The highest BCUT2D eigenvalue weighted by Gasteiger charge is 1.80. The van der Waals surface area contributed by atoms with Gasteiger partial charge in [-0.1, -0.05) is 51.1 Å². The molecule has 2 rings (SSSR count). The van der Waals surface area contributed by atoms with Crippen LogP contribution in [0.25, 0.3) is 0 Å². The lowest BCUT2D eigenvalue weighted by molar-refractivity contribution is 0.521. The monoisotopic (exact) mass is 219 g/mol. The molecule has 0 amide bonds. The Morgan fingerprint density at radius 3 is 2.00 bits per heavy atom. The number of rotatable bonds is 1. The summed E-state index contributed by atoms with van der Waals surface area (Å²) in [6.45, 7) is 7.97. The van der Waals surface area contributed by atoms with Gasteiger partial charge in [-0.2, -0.15) is 0 Å². The molecule has 88 valence electrons. The zero-order valence-electron chi connectivity index (χ0n) is 10.6. The van der Waals surface area contributed by atoms with Crippen LogP contribution in [0.4, 0.5) is 0 Å². The summed E-state index contributed by atoms with van der Waals surface area (Å²) in [5.41, 5.74) is 1.41. The topological polar surface area (TPSA) is 26.0 Å². The Morgan fingerprint density at radius 2 is 1.75 bits per heavy atom. The van der Waals surface area contributed by atoms with Crippen LogP contribution in [0.5, 0.6) is 0 Å². The van der Waals surface area contributed by atoms with Crippen LogP contribution in [0, 0.1) is 6.92 Å². The molecule has 0 fully saturated rings. The van der Waals surface area contributed by atoms with Crippen molar-refractivity contribution in [2.45, 2.75) is 34.1 Å². The molecule has 0 aliphatic heterocycles. The fourth-order valence-corrected chi connectivity index (χ4v) is 1.01. The molecule has 0 N–H and O–H groups in total. The molecule has 0 saturated carbocycles. The third-order valence-electron chi connectivity index (χ3n) is 1.81. The van der Waals surface area contributed by atoms with Crippen molar-refractivity contribution in [2.24, 2.45) is 0 Å². The lowest BCUT2D eigenvalue weighted by Gasteiger charge is -1.89. The lowest BCUT2D eigenvalue weighted by atomic mass is 10.2. The maximum Gasteiger partial charge on any atom is 0.190 e. The van der Waals surface area contributed by atoms with E-state index in [1.807, 2.05) is 19.9 Å². The standard InChI is InChI=1S/C8H10.C4H5NO.C2H6/c1-2-8-6-4-3-5-7-8;1-4-5-2-3-6-4;1-2/h3-7H,2H2,1H3;2-3H,1H3;1-2H3. The van der Waals surface area contributed by atoms with E-state index in [4.69, 9.17) is 4.42 Å². The first kappa shape index (κ1) is 14.4. The van der Waals surface area contributed by atoms with Crippen molar-refractivity contribution in [3.05, 3.63) is 54.2 Å². The van der Waals surface area contributed by atoms with Gasteiger partial charge in [0.25, 0.3) is 0 Å². The Balaban J connectivity index is 0.000000251. The minimum Gasteiger partial charge on any atom is -0.449 e. The van der Waals surface area contributed by atoms with Gasteiger partial charge in [-0.05, 0) is 12.0 Å². The first-order valence-corrected chi connectivity index (χ1v) is 5.73. The number of oxazole rings is 1. The van der Waals surface area contributed by atoms with Crippen molar-refractivity contribution in [1.29, 1.82) is 0 Å². The largest absolute Gasteiger partial charge is 0.449 e. The molecule has 1 heterocycles. The smallest absolute Gasteiger partial charge is 0.190 e. The highest BCUT2D eigenvalue weighted by atomic mass is 16.3. The average Bonchev–Trinajstić information content (AvgIpc) is 2.85. The van der Waals surface area contributed by atoms with E-state index in [-0.39, 0.29) is 0 Å². The SMILES string of the molecule is CC.CCc1ccccc1.Cc1ncco1. The third kappa shape index (κ3) is 6.82. The van der Waals surface area contributed by atoms with Crippen LogP contribution in [-0.2, 0) is 6.42 Å². The molecule has 2 heteroatoms. The highest BCUT2D eigenvalue weighted by Crippen LogP contribution is 1.96. The summed E-state index contributed by atoms with van der Waals surface area (Å²) >= 11 is 0. The van der Waals surface area contributed by atoms with Crippen molar-refractivity contribution in [1.82, 2.24) is 4.98 Å². The molecule has 0 radical (unpaired) electrons. The number of nitrogens with zero attached hydrogens (tertiary/aromatic N) is 1. The normalized spacial score (nSPS) is 8.25. The maximum absolute atomic E-state index is 4.72. The van der Waals surface area contributed by atoms with E-state index in [1.54, 1.807) is 19.4 Å². The second kappa shape index (κ2) is 9.97. The zero-order chi connectivity index (χ0) is 12.2. The van der Waals surface area contributed by atoms with Crippen molar-refractivity contribution < 1.29 is 4.42 Å². The first-order valence-electron chi connectivity index (χ1n) is 5.73. The van der Waals surface area contributed by atoms with Crippen LogP contribution in [0.1, 0.15) is 32.2 Å². The molecule has 16 heavy (non-hydrogen) atoms. The van der Waals surface area contributed by atoms with E-state index >= 15 is 0 Å². The second-order valence-electron chi connectivity index (χ2n) is 2.89. The average molecular weight is 219 g/mol. The minimum absolute atomic E-state index is 0.718. The van der Waals surface area contributed by atoms with Crippen molar-refractivity contribution in [3.63, 3.8) is 0 Å². The zero-order valence-corrected chi connectivity index (χ0v) is 10.6. The van der Waals surface area contributed by atoms with Crippen LogP contribution >= 0.6 is 0 Å². The Morgan fingerprint density at radius 1 is 1.12 bits per heavy atom. The maximum atomic E-state index is 4.72. The first-order chi connectivity index (χ1) is 7.83. The third-order valence-corrected chi connectivity index (χ3v) is 1.81. The van der Waals surface area contributed by atoms with Gasteiger partial charge >= 0.3 is 0 Å². The van der Waals surface area contributed by atoms with Crippen LogP contribution in [0.3, 0.4) is 0 Å². The van der Waals surface area contributed by atoms with Crippen molar-refractivity contribution in [3.8, 4) is 0 Å². The molecule has 1 aromatic heterocycles. The quantitative estimate of drug-likeness (QED) is 0.716. The summed E-state index contributed by atoms with van der Waals surface area (Å²) in [5.74, 6) is 0.718. The summed E-state index contributed by atoms with van der Waals surface area (Å²) in [6.07, 6.45) is 4.31. The Hall–Kier alpha value is -1.57. The van der Waals surface area contributed by atoms with E-state index in [0.29, 0.717) is 0 Å². The Bertz CT molecular complexity index is 327. The Labute approximate surface area is 98.3 Å². The van der Waals surface area contributed by atoms with Gasteiger partial charge in [0.2, 0.25) is 0 Å². The van der Waals surface area contributed by atoms with Gasteiger partial charge in [-0.25, -0.2) is 4.98 Å². The molecule has 0 saturated heterocycles. The molecule has 1 aromatic carbocycles. The predicted octanol–water partition coefficient (Wildman–Crippen LogP) is 4.26. The molecule has 2 aromatic rings. The van der Waals surface area contributed by atoms with Gasteiger partial charge in [0.15, 0.2) is 5.89 Å². The van der Waals surface area contributed by atoms with Gasteiger partial charge in [0, 0.05) is 6.92 Å². The summed E-state index contributed by atoms with van der Waals surface area (Å²) in [7, 11) is 0.